The highest BCUT2D eigenvalue weighted by molar-refractivity contribution is 5.99. The minimum Gasteiger partial charge on any atom is -0.394 e. The largest absolute Gasteiger partial charge is 0.394 e. The predicted octanol–water partition coefficient (Wildman–Crippen LogP) is 2.66. The minimum absolute atomic E-state index is 0.0599. The molecule has 3 amide bonds. The molecule has 0 aliphatic carbocycles. The summed E-state index contributed by atoms with van der Waals surface area (Å²) in [4.78, 5) is 48.6. The highest BCUT2D eigenvalue weighted by Gasteiger charge is 2.80. The molecule has 6 rings (SSSR count). The Bertz CT molecular complexity index is 1660. The zero-order valence-corrected chi connectivity index (χ0v) is 26.7. The number of fused-ring (bicyclic) bond motifs is 2. The van der Waals surface area contributed by atoms with Crippen LogP contribution < -0.4 is 0 Å². The fourth-order valence-electron chi connectivity index (χ4n) is 8.11. The molecule has 0 saturated carbocycles. The second kappa shape index (κ2) is 12.1. The van der Waals surface area contributed by atoms with Crippen molar-refractivity contribution in [3.63, 3.8) is 0 Å². The standard InChI is InChI=1S/C35H42N6O5/c1-6-17-38(5)31(43)28-29-32(44)41(25(21-42)19-24-13-9-8-10-14-24)30(35(29)20-23(3)34(28,4)46-35)33(45)39(18-7-2)22-40-27-16-12-11-15-26(27)36-37-40/h6-16,23,25,28-30,42H,1-2,17-22H2,3-5H3/t23?,25-,28-,29+,30?,34+,35?/m1/s1. The van der Waals surface area contributed by atoms with Gasteiger partial charge < -0.3 is 24.5 Å². The van der Waals surface area contributed by atoms with E-state index in [0.29, 0.717) is 24.9 Å². The first-order valence-electron chi connectivity index (χ1n) is 15.8. The summed E-state index contributed by atoms with van der Waals surface area (Å²) >= 11 is 0. The number of likely N-dealkylation sites (N-methyl/N-ethyl adjacent to an activating group) is 1. The van der Waals surface area contributed by atoms with E-state index >= 15 is 4.79 Å². The summed E-state index contributed by atoms with van der Waals surface area (Å²) in [5.41, 5.74) is 0.128. The summed E-state index contributed by atoms with van der Waals surface area (Å²) in [6.45, 7) is 11.8. The number of ether oxygens (including phenoxy) is 1. The van der Waals surface area contributed by atoms with E-state index in [0.717, 1.165) is 11.1 Å². The van der Waals surface area contributed by atoms with Gasteiger partial charge in [-0.2, -0.15) is 0 Å². The van der Waals surface area contributed by atoms with Crippen LogP contribution in [0.1, 0.15) is 25.8 Å². The molecule has 11 heteroatoms. The smallest absolute Gasteiger partial charge is 0.250 e. The molecule has 3 unspecified atom stereocenters. The average Bonchev–Trinajstić information content (AvgIpc) is 3.73. The van der Waals surface area contributed by atoms with Crippen LogP contribution in [0.15, 0.2) is 79.9 Å². The van der Waals surface area contributed by atoms with Crippen LogP contribution in [0.2, 0.25) is 0 Å². The first-order valence-corrected chi connectivity index (χ1v) is 15.8. The maximum atomic E-state index is 15.0. The molecule has 3 aliphatic rings. The number of nitrogens with zero attached hydrogens (tertiary/aromatic N) is 6. The summed E-state index contributed by atoms with van der Waals surface area (Å²) in [5, 5.41) is 19.4. The van der Waals surface area contributed by atoms with Crippen molar-refractivity contribution in [2.75, 3.05) is 26.7 Å². The number of hydrogen-bond acceptors (Lipinski definition) is 7. The number of amides is 3. The van der Waals surface area contributed by atoms with Crippen molar-refractivity contribution in [2.45, 2.75) is 56.6 Å². The topological polar surface area (TPSA) is 121 Å². The Morgan fingerprint density at radius 2 is 1.80 bits per heavy atom. The first kappa shape index (κ1) is 31.6. The van der Waals surface area contributed by atoms with Gasteiger partial charge in [-0.15, -0.1) is 18.3 Å². The van der Waals surface area contributed by atoms with Crippen LogP contribution in [0.5, 0.6) is 0 Å². The van der Waals surface area contributed by atoms with E-state index in [1.165, 1.54) is 4.90 Å². The number of aromatic nitrogens is 3. The molecule has 11 nitrogen and oxygen atoms in total. The van der Waals surface area contributed by atoms with Gasteiger partial charge in [0.1, 0.15) is 23.8 Å². The van der Waals surface area contributed by atoms with Crippen LogP contribution in [0.3, 0.4) is 0 Å². The second-order valence-corrected chi connectivity index (χ2v) is 13.1. The van der Waals surface area contributed by atoms with Crippen molar-refractivity contribution in [3.05, 3.63) is 85.5 Å². The van der Waals surface area contributed by atoms with Crippen LogP contribution in [-0.4, -0.2) is 103 Å². The molecule has 3 saturated heterocycles. The number of para-hydroxylation sites is 1. The van der Waals surface area contributed by atoms with E-state index in [9.17, 15) is 14.7 Å². The Morgan fingerprint density at radius 1 is 1.11 bits per heavy atom. The van der Waals surface area contributed by atoms with Crippen LogP contribution in [0.25, 0.3) is 11.0 Å². The third kappa shape index (κ3) is 4.84. The Kier molecular flexibility index (Phi) is 8.32. The predicted molar refractivity (Wildman–Crippen MR) is 172 cm³/mol. The molecule has 4 heterocycles. The number of rotatable bonds is 12. The molecule has 2 aromatic carbocycles. The number of hydrogen-bond donors (Lipinski definition) is 1. The quantitative estimate of drug-likeness (QED) is 0.307. The van der Waals surface area contributed by atoms with Crippen LogP contribution in [0.4, 0.5) is 0 Å². The van der Waals surface area contributed by atoms with Crippen LogP contribution in [0, 0.1) is 17.8 Å². The zero-order chi connectivity index (χ0) is 32.8. The molecular formula is C35H42N6O5. The van der Waals surface area contributed by atoms with E-state index in [1.54, 1.807) is 33.7 Å². The molecule has 3 aliphatic heterocycles. The van der Waals surface area contributed by atoms with Gasteiger partial charge >= 0.3 is 0 Å². The van der Waals surface area contributed by atoms with Gasteiger partial charge in [0.15, 0.2) is 0 Å². The summed E-state index contributed by atoms with van der Waals surface area (Å²) < 4.78 is 8.58. The fraction of sp³-hybridized carbons (Fsp3) is 0.457. The van der Waals surface area contributed by atoms with E-state index < -0.39 is 35.1 Å². The highest BCUT2D eigenvalue weighted by atomic mass is 16.5. The molecule has 0 radical (unpaired) electrons. The molecule has 7 atom stereocenters. The van der Waals surface area contributed by atoms with Crippen LogP contribution >= 0.6 is 0 Å². The number of carbonyl (C=O) groups excluding carboxylic acids is 3. The Morgan fingerprint density at radius 3 is 2.50 bits per heavy atom. The number of benzene rings is 2. The number of aliphatic hydroxyl groups is 1. The molecule has 242 valence electrons. The van der Waals surface area contributed by atoms with Gasteiger partial charge in [-0.05, 0) is 43.4 Å². The minimum atomic E-state index is -1.27. The number of likely N-dealkylation sites (tertiary alicyclic amines) is 1. The molecule has 3 fully saturated rings. The Balaban J connectivity index is 1.46. The van der Waals surface area contributed by atoms with Crippen molar-refractivity contribution in [1.29, 1.82) is 0 Å². The van der Waals surface area contributed by atoms with Gasteiger partial charge in [0.25, 0.3) is 0 Å². The lowest BCUT2D eigenvalue weighted by Gasteiger charge is -2.39. The van der Waals surface area contributed by atoms with Crippen molar-refractivity contribution in [2.24, 2.45) is 17.8 Å². The normalized spacial score (nSPS) is 28.7. The SMILES string of the molecule is C=CCN(C)C(=O)[C@H]1[C@H]2C(=O)N([C@@H](CO)Cc3ccccc3)C(C(=O)N(CC=C)Cn3nnc4ccccc43)C23CC(C)[C@]1(C)O3. The zero-order valence-electron chi connectivity index (χ0n) is 26.7. The molecule has 1 spiro atoms. The summed E-state index contributed by atoms with van der Waals surface area (Å²) in [7, 11) is 1.69. The fourth-order valence-corrected chi connectivity index (χ4v) is 8.11. The second-order valence-electron chi connectivity index (χ2n) is 13.1. The van der Waals surface area contributed by atoms with Gasteiger partial charge in [-0.1, -0.05) is 66.8 Å². The van der Waals surface area contributed by atoms with Crippen molar-refractivity contribution < 1.29 is 24.2 Å². The van der Waals surface area contributed by atoms with Gasteiger partial charge in [-0.25, -0.2) is 4.68 Å². The van der Waals surface area contributed by atoms with E-state index in [4.69, 9.17) is 4.74 Å². The van der Waals surface area contributed by atoms with Crippen molar-refractivity contribution in [3.8, 4) is 0 Å². The third-order valence-electron chi connectivity index (χ3n) is 10.3. The van der Waals surface area contributed by atoms with Gasteiger partial charge in [0, 0.05) is 20.1 Å². The lowest BCUT2D eigenvalue weighted by Crippen LogP contribution is -2.59. The summed E-state index contributed by atoms with van der Waals surface area (Å²) in [5.74, 6) is -2.75. The van der Waals surface area contributed by atoms with E-state index in [-0.39, 0.29) is 43.5 Å². The number of carbonyl (C=O) groups is 3. The van der Waals surface area contributed by atoms with Crippen LogP contribution in [-0.2, 0) is 32.2 Å². The maximum absolute atomic E-state index is 15.0. The molecule has 3 aromatic rings. The van der Waals surface area contributed by atoms with Crippen molar-refractivity contribution >= 4 is 28.8 Å². The summed E-state index contributed by atoms with van der Waals surface area (Å²) in [6.07, 6.45) is 4.02. The maximum Gasteiger partial charge on any atom is 0.250 e. The molecule has 1 N–H and O–H groups in total. The van der Waals surface area contributed by atoms with Crippen molar-refractivity contribution in [1.82, 2.24) is 29.7 Å². The lowest BCUT2D eigenvalue weighted by atomic mass is 9.62. The third-order valence-corrected chi connectivity index (χ3v) is 10.3. The lowest BCUT2D eigenvalue weighted by molar-refractivity contribution is -0.158. The molecule has 2 bridgehead atoms. The summed E-state index contributed by atoms with van der Waals surface area (Å²) in [6, 6.07) is 15.2. The number of aliphatic hydroxyl groups excluding tert-OH is 1. The monoisotopic (exact) mass is 626 g/mol. The van der Waals surface area contributed by atoms with Gasteiger partial charge in [0.05, 0.1) is 35.6 Å². The first-order chi connectivity index (χ1) is 22.1. The molecular weight excluding hydrogens is 584 g/mol. The molecule has 46 heavy (non-hydrogen) atoms. The Labute approximate surface area is 269 Å². The average molecular weight is 627 g/mol. The molecule has 1 aromatic heterocycles. The van der Waals surface area contributed by atoms with E-state index in [2.05, 4.69) is 23.5 Å². The highest BCUT2D eigenvalue weighted by Crippen LogP contribution is 2.65. The van der Waals surface area contributed by atoms with Gasteiger partial charge in [-0.3, -0.25) is 14.4 Å². The van der Waals surface area contributed by atoms with E-state index in [1.807, 2.05) is 68.4 Å². The van der Waals surface area contributed by atoms with Gasteiger partial charge in [0.2, 0.25) is 17.7 Å². The Hall–Kier alpha value is -4.35.